The Morgan fingerprint density at radius 3 is 2.90 bits per heavy atom. The van der Waals surface area contributed by atoms with Crippen LogP contribution in [0.4, 0.5) is 5.69 Å². The number of hydrogen-bond donors (Lipinski definition) is 2. The van der Waals surface area contributed by atoms with Gasteiger partial charge >= 0.3 is 0 Å². The van der Waals surface area contributed by atoms with Crippen molar-refractivity contribution in [1.82, 2.24) is 10.6 Å². The number of carbonyl (C=O) groups excluding carboxylic acids is 2. The molecule has 0 radical (unpaired) electrons. The van der Waals surface area contributed by atoms with Gasteiger partial charge in [-0.15, -0.1) is 0 Å². The molecule has 1 aliphatic rings. The first-order valence-electron chi connectivity index (χ1n) is 6.01. The number of amides is 2. The van der Waals surface area contributed by atoms with Crippen molar-refractivity contribution in [3.63, 3.8) is 0 Å². The molecule has 7 nitrogen and oxygen atoms in total. The Morgan fingerprint density at radius 1 is 1.50 bits per heavy atom. The first-order valence-corrected chi connectivity index (χ1v) is 6.39. The molecule has 1 saturated heterocycles. The Balaban J connectivity index is 2.22. The predicted molar refractivity (Wildman–Crippen MR) is 71.6 cm³/mol. The van der Waals surface area contributed by atoms with E-state index >= 15 is 0 Å². The average Bonchev–Trinajstić information content (AvgIpc) is 2.40. The van der Waals surface area contributed by atoms with Crippen LogP contribution < -0.4 is 10.6 Å². The molecule has 0 aromatic heterocycles. The molecule has 1 aromatic carbocycles. The lowest BCUT2D eigenvalue weighted by Crippen LogP contribution is -2.50. The maximum atomic E-state index is 12.1. The summed E-state index contributed by atoms with van der Waals surface area (Å²) in [7, 11) is 0. The molecule has 1 fully saturated rings. The number of carbonyl (C=O) groups is 2. The second-order valence-corrected chi connectivity index (χ2v) is 4.81. The van der Waals surface area contributed by atoms with Gasteiger partial charge < -0.3 is 10.6 Å². The van der Waals surface area contributed by atoms with Crippen LogP contribution in [-0.4, -0.2) is 29.3 Å². The van der Waals surface area contributed by atoms with Gasteiger partial charge in [-0.05, 0) is 25.0 Å². The highest BCUT2D eigenvalue weighted by Crippen LogP contribution is 2.23. The minimum absolute atomic E-state index is 0.152. The maximum Gasteiger partial charge on any atom is 0.282 e. The fraction of sp³-hybridized carbons (Fsp3) is 0.333. The molecule has 0 saturated carbocycles. The summed E-state index contributed by atoms with van der Waals surface area (Å²) >= 11 is 5.76. The van der Waals surface area contributed by atoms with E-state index in [0.717, 1.165) is 12.5 Å². The molecule has 0 aliphatic carbocycles. The molecule has 0 bridgehead atoms. The van der Waals surface area contributed by atoms with Crippen LogP contribution in [0.15, 0.2) is 18.2 Å². The van der Waals surface area contributed by atoms with Crippen LogP contribution in [0.25, 0.3) is 0 Å². The first kappa shape index (κ1) is 14.3. The summed E-state index contributed by atoms with van der Waals surface area (Å²) in [6, 6.07) is 3.05. The Labute approximate surface area is 119 Å². The Bertz CT molecular complexity index is 576. The number of rotatable bonds is 3. The second-order valence-electron chi connectivity index (χ2n) is 4.38. The summed E-state index contributed by atoms with van der Waals surface area (Å²) in [6.45, 7) is 0.572. The predicted octanol–water partition coefficient (Wildman–Crippen LogP) is 1.26. The topological polar surface area (TPSA) is 101 Å². The molecule has 1 aliphatic heterocycles. The lowest BCUT2D eigenvalue weighted by atomic mass is 10.1. The van der Waals surface area contributed by atoms with Crippen molar-refractivity contribution < 1.29 is 14.5 Å². The van der Waals surface area contributed by atoms with Gasteiger partial charge in [0, 0.05) is 17.6 Å². The minimum Gasteiger partial charge on any atom is -0.354 e. The van der Waals surface area contributed by atoms with Gasteiger partial charge in [0.25, 0.3) is 11.6 Å². The number of nitrogens with zero attached hydrogens (tertiary/aromatic N) is 1. The van der Waals surface area contributed by atoms with E-state index in [1.54, 1.807) is 0 Å². The fourth-order valence-electron chi connectivity index (χ4n) is 2.00. The molecule has 20 heavy (non-hydrogen) atoms. The number of nitro groups is 1. The van der Waals surface area contributed by atoms with Gasteiger partial charge in [-0.2, -0.15) is 0 Å². The van der Waals surface area contributed by atoms with E-state index in [-0.39, 0.29) is 22.2 Å². The number of benzene rings is 1. The quantitative estimate of drug-likeness (QED) is 0.647. The van der Waals surface area contributed by atoms with E-state index in [9.17, 15) is 19.7 Å². The van der Waals surface area contributed by atoms with E-state index < -0.39 is 16.9 Å². The first-order chi connectivity index (χ1) is 9.49. The summed E-state index contributed by atoms with van der Waals surface area (Å²) < 4.78 is 0. The largest absolute Gasteiger partial charge is 0.354 e. The van der Waals surface area contributed by atoms with Crippen LogP contribution in [0.3, 0.4) is 0 Å². The van der Waals surface area contributed by atoms with Gasteiger partial charge in [-0.3, -0.25) is 19.7 Å². The lowest BCUT2D eigenvalue weighted by Gasteiger charge is -2.22. The van der Waals surface area contributed by atoms with Crippen molar-refractivity contribution in [3.05, 3.63) is 38.9 Å². The number of halogens is 1. The van der Waals surface area contributed by atoms with Crippen LogP contribution in [0.5, 0.6) is 0 Å². The van der Waals surface area contributed by atoms with Crippen molar-refractivity contribution in [2.24, 2.45) is 0 Å². The van der Waals surface area contributed by atoms with Crippen molar-refractivity contribution in [1.29, 1.82) is 0 Å². The lowest BCUT2D eigenvalue weighted by molar-refractivity contribution is -0.385. The monoisotopic (exact) mass is 297 g/mol. The van der Waals surface area contributed by atoms with Crippen molar-refractivity contribution in [2.45, 2.75) is 18.9 Å². The molecule has 1 aromatic rings. The Hall–Kier alpha value is -2.15. The summed E-state index contributed by atoms with van der Waals surface area (Å²) in [4.78, 5) is 33.9. The average molecular weight is 298 g/mol. The normalized spacial score (nSPS) is 18.2. The third kappa shape index (κ3) is 3.05. The van der Waals surface area contributed by atoms with Crippen LogP contribution in [0.1, 0.15) is 23.2 Å². The van der Waals surface area contributed by atoms with E-state index in [2.05, 4.69) is 10.6 Å². The highest BCUT2D eigenvalue weighted by molar-refractivity contribution is 6.31. The summed E-state index contributed by atoms with van der Waals surface area (Å²) in [5, 5.41) is 16.2. The SMILES string of the molecule is O=C(NC1CCCNC1=O)c1cc(Cl)ccc1[N+](=O)[O-]. The van der Waals surface area contributed by atoms with Gasteiger partial charge in [0.05, 0.1) is 4.92 Å². The molecule has 2 N–H and O–H groups in total. The number of hydrogen-bond acceptors (Lipinski definition) is 4. The third-order valence-electron chi connectivity index (χ3n) is 2.99. The highest BCUT2D eigenvalue weighted by atomic mass is 35.5. The molecule has 1 unspecified atom stereocenters. The Kier molecular flexibility index (Phi) is 4.19. The second kappa shape index (κ2) is 5.87. The van der Waals surface area contributed by atoms with Gasteiger partial charge in [-0.25, -0.2) is 0 Å². The molecular formula is C12H12ClN3O4. The number of piperidine rings is 1. The van der Waals surface area contributed by atoms with Crippen LogP contribution in [0.2, 0.25) is 5.02 Å². The van der Waals surface area contributed by atoms with E-state index in [4.69, 9.17) is 11.6 Å². The molecule has 0 spiro atoms. The standard InChI is InChI=1S/C12H12ClN3O4/c13-7-3-4-10(16(19)20)8(6-7)11(17)15-9-2-1-5-14-12(9)18/h3-4,6,9H,1-2,5H2,(H,14,18)(H,15,17). The van der Waals surface area contributed by atoms with Crippen LogP contribution >= 0.6 is 11.6 Å². The van der Waals surface area contributed by atoms with Crippen LogP contribution in [-0.2, 0) is 4.79 Å². The number of nitro benzene ring substituents is 1. The zero-order valence-corrected chi connectivity index (χ0v) is 11.1. The minimum atomic E-state index is -0.679. The number of nitrogens with one attached hydrogen (secondary N) is 2. The molecule has 2 amide bonds. The third-order valence-corrected chi connectivity index (χ3v) is 3.23. The summed E-state index contributed by atoms with van der Waals surface area (Å²) in [5.74, 6) is -0.962. The smallest absolute Gasteiger partial charge is 0.282 e. The Morgan fingerprint density at radius 2 is 2.25 bits per heavy atom. The molecular weight excluding hydrogens is 286 g/mol. The summed E-state index contributed by atoms with van der Waals surface area (Å²) in [5.41, 5.74) is -0.496. The highest BCUT2D eigenvalue weighted by Gasteiger charge is 2.27. The molecule has 106 valence electrons. The van der Waals surface area contributed by atoms with E-state index in [1.807, 2.05) is 0 Å². The van der Waals surface area contributed by atoms with E-state index in [1.165, 1.54) is 12.1 Å². The van der Waals surface area contributed by atoms with Gasteiger partial charge in [0.15, 0.2) is 0 Å². The van der Waals surface area contributed by atoms with Gasteiger partial charge in [0.1, 0.15) is 11.6 Å². The van der Waals surface area contributed by atoms with Crippen molar-refractivity contribution in [2.75, 3.05) is 6.54 Å². The molecule has 1 atom stereocenters. The molecule has 1 heterocycles. The van der Waals surface area contributed by atoms with Crippen molar-refractivity contribution in [3.8, 4) is 0 Å². The summed E-state index contributed by atoms with van der Waals surface area (Å²) in [6.07, 6.45) is 1.25. The van der Waals surface area contributed by atoms with Crippen molar-refractivity contribution >= 4 is 29.1 Å². The maximum absolute atomic E-state index is 12.1. The molecule has 2 rings (SSSR count). The molecule has 8 heteroatoms. The fourth-order valence-corrected chi connectivity index (χ4v) is 2.17. The van der Waals surface area contributed by atoms with Gasteiger partial charge in [-0.1, -0.05) is 11.6 Å². The van der Waals surface area contributed by atoms with E-state index in [0.29, 0.717) is 13.0 Å². The van der Waals surface area contributed by atoms with Gasteiger partial charge in [0.2, 0.25) is 5.91 Å². The zero-order chi connectivity index (χ0) is 14.7. The van der Waals surface area contributed by atoms with Crippen LogP contribution in [0, 0.1) is 10.1 Å². The zero-order valence-electron chi connectivity index (χ0n) is 10.4.